The number of rotatable bonds is 9. The molecule has 0 radical (unpaired) electrons. The minimum atomic E-state index is -0.575. The van der Waals surface area contributed by atoms with Gasteiger partial charge in [0, 0.05) is 23.8 Å². The fraction of sp³-hybridized carbons (Fsp3) is 0.381. The third kappa shape index (κ3) is 5.89. The van der Waals surface area contributed by atoms with Gasteiger partial charge in [-0.3, -0.25) is 0 Å². The van der Waals surface area contributed by atoms with Gasteiger partial charge in [-0.2, -0.15) is 0 Å². The predicted octanol–water partition coefficient (Wildman–Crippen LogP) is 4.13. The van der Waals surface area contributed by atoms with E-state index in [4.69, 9.17) is 19.3 Å². The van der Waals surface area contributed by atoms with E-state index in [0.29, 0.717) is 31.4 Å². The second kappa shape index (κ2) is 10.4. The molecule has 7 heteroatoms. The molecule has 150 valence electrons. The molecule has 0 spiro atoms. The Morgan fingerprint density at radius 3 is 2.79 bits per heavy atom. The number of unbranched alkanes of at least 4 members (excludes halogenated alkanes) is 1. The standard InChI is InChI=1S/C21H23FO5S/c22-17-7-5-15(6-8-17)14-26-21(24)18-12-16(19-4-3-11-28-19)13-20(27-18)25-10-2-1-9-23/h3-8,11-12,16,20,23H,1-2,9-10,13-14H2/t16-,20+/m1/s1. The summed E-state index contributed by atoms with van der Waals surface area (Å²) in [6.07, 6.45) is 3.20. The molecule has 1 aliphatic rings. The molecule has 0 saturated heterocycles. The van der Waals surface area contributed by atoms with Gasteiger partial charge in [0.15, 0.2) is 0 Å². The third-order valence-corrected chi connectivity index (χ3v) is 5.31. The van der Waals surface area contributed by atoms with Crippen LogP contribution in [0, 0.1) is 5.82 Å². The zero-order valence-corrected chi connectivity index (χ0v) is 16.2. The summed E-state index contributed by atoms with van der Waals surface area (Å²) < 4.78 is 29.8. The largest absolute Gasteiger partial charge is 0.458 e. The highest BCUT2D eigenvalue weighted by Crippen LogP contribution is 2.34. The summed E-state index contributed by atoms with van der Waals surface area (Å²) in [6, 6.07) is 9.76. The van der Waals surface area contributed by atoms with Crippen molar-refractivity contribution in [3.05, 3.63) is 69.9 Å². The molecule has 3 rings (SSSR count). The molecule has 28 heavy (non-hydrogen) atoms. The first kappa shape index (κ1) is 20.5. The highest BCUT2D eigenvalue weighted by atomic mass is 32.1. The highest BCUT2D eigenvalue weighted by Gasteiger charge is 2.30. The van der Waals surface area contributed by atoms with Gasteiger partial charge >= 0.3 is 5.97 Å². The molecular weight excluding hydrogens is 383 g/mol. The van der Waals surface area contributed by atoms with Crippen molar-refractivity contribution in [2.75, 3.05) is 13.2 Å². The molecule has 0 fully saturated rings. The number of halogens is 1. The molecule has 0 saturated carbocycles. The molecule has 0 aliphatic carbocycles. The zero-order chi connectivity index (χ0) is 19.8. The molecule has 1 aromatic carbocycles. The summed E-state index contributed by atoms with van der Waals surface area (Å²) in [4.78, 5) is 13.6. The maximum atomic E-state index is 13.0. The van der Waals surface area contributed by atoms with E-state index in [2.05, 4.69) is 0 Å². The molecule has 2 aromatic rings. The quantitative estimate of drug-likeness (QED) is 0.501. The first-order chi connectivity index (χ1) is 13.7. The number of benzene rings is 1. The van der Waals surface area contributed by atoms with Gasteiger partial charge in [0.25, 0.3) is 0 Å². The Kier molecular flexibility index (Phi) is 7.59. The second-order valence-electron chi connectivity index (χ2n) is 6.44. The monoisotopic (exact) mass is 406 g/mol. The number of thiophene rings is 1. The van der Waals surface area contributed by atoms with Gasteiger partial charge in [-0.1, -0.05) is 18.2 Å². The van der Waals surface area contributed by atoms with Gasteiger partial charge < -0.3 is 19.3 Å². The highest BCUT2D eigenvalue weighted by molar-refractivity contribution is 7.10. The smallest absolute Gasteiger partial charge is 0.373 e. The minimum Gasteiger partial charge on any atom is -0.458 e. The van der Waals surface area contributed by atoms with Crippen molar-refractivity contribution in [3.8, 4) is 0 Å². The van der Waals surface area contributed by atoms with Crippen LogP contribution in [0.1, 0.15) is 35.6 Å². The SMILES string of the molecule is O=C(OCc1ccc(F)cc1)C1=C[C@@H](c2cccs2)C[C@@H](OCCCCO)O1. The van der Waals surface area contributed by atoms with Crippen LogP contribution >= 0.6 is 11.3 Å². The number of hydrogen-bond donors (Lipinski definition) is 1. The van der Waals surface area contributed by atoms with E-state index in [9.17, 15) is 9.18 Å². The summed E-state index contributed by atoms with van der Waals surface area (Å²) in [6.45, 7) is 0.597. The van der Waals surface area contributed by atoms with E-state index >= 15 is 0 Å². The zero-order valence-electron chi connectivity index (χ0n) is 15.4. The van der Waals surface area contributed by atoms with E-state index in [0.717, 1.165) is 4.88 Å². The van der Waals surface area contributed by atoms with Gasteiger partial charge in [0.1, 0.15) is 12.4 Å². The lowest BCUT2D eigenvalue weighted by Gasteiger charge is -2.28. The Balaban J connectivity index is 1.63. The van der Waals surface area contributed by atoms with E-state index < -0.39 is 12.3 Å². The van der Waals surface area contributed by atoms with Crippen molar-refractivity contribution in [2.45, 2.75) is 38.1 Å². The van der Waals surface area contributed by atoms with Crippen LogP contribution in [-0.4, -0.2) is 30.6 Å². The van der Waals surface area contributed by atoms with Crippen LogP contribution in [0.5, 0.6) is 0 Å². The van der Waals surface area contributed by atoms with Gasteiger partial charge in [-0.25, -0.2) is 9.18 Å². The van der Waals surface area contributed by atoms with Crippen molar-refractivity contribution in [1.29, 1.82) is 0 Å². The molecule has 1 aromatic heterocycles. The van der Waals surface area contributed by atoms with Crippen molar-refractivity contribution < 1.29 is 28.5 Å². The lowest BCUT2D eigenvalue weighted by molar-refractivity contribution is -0.162. The molecule has 0 amide bonds. The van der Waals surface area contributed by atoms with Crippen LogP contribution < -0.4 is 0 Å². The van der Waals surface area contributed by atoms with Crippen LogP contribution in [0.15, 0.2) is 53.6 Å². The van der Waals surface area contributed by atoms with E-state index in [1.54, 1.807) is 29.5 Å². The maximum absolute atomic E-state index is 13.0. The fourth-order valence-electron chi connectivity index (χ4n) is 2.84. The number of aliphatic hydroxyl groups is 1. The average Bonchev–Trinajstić information content (AvgIpc) is 3.25. The summed E-state index contributed by atoms with van der Waals surface area (Å²) >= 11 is 1.61. The summed E-state index contributed by atoms with van der Waals surface area (Å²) in [7, 11) is 0. The molecule has 1 aliphatic heterocycles. The molecule has 0 bridgehead atoms. The van der Waals surface area contributed by atoms with Crippen LogP contribution in [0.25, 0.3) is 0 Å². The van der Waals surface area contributed by atoms with E-state index in [1.807, 2.05) is 17.5 Å². The average molecular weight is 406 g/mol. The first-order valence-electron chi connectivity index (χ1n) is 9.21. The number of carbonyl (C=O) groups excluding carboxylic acids is 1. The Morgan fingerprint density at radius 2 is 2.07 bits per heavy atom. The predicted molar refractivity (Wildman–Crippen MR) is 103 cm³/mol. The van der Waals surface area contributed by atoms with Crippen LogP contribution in [0.2, 0.25) is 0 Å². The summed E-state index contributed by atoms with van der Waals surface area (Å²) in [5.74, 6) is -0.785. The van der Waals surface area contributed by atoms with Gasteiger partial charge in [-0.15, -0.1) is 11.3 Å². The lowest BCUT2D eigenvalue weighted by atomic mass is 10.00. The van der Waals surface area contributed by atoms with Crippen molar-refractivity contribution >= 4 is 17.3 Å². The lowest BCUT2D eigenvalue weighted by Crippen LogP contribution is -2.28. The Morgan fingerprint density at radius 1 is 1.25 bits per heavy atom. The van der Waals surface area contributed by atoms with Crippen LogP contribution in [0.3, 0.4) is 0 Å². The minimum absolute atomic E-state index is 0.00460. The molecule has 2 atom stereocenters. The molecule has 1 N–H and O–H groups in total. The second-order valence-corrected chi connectivity index (χ2v) is 7.42. The Bertz CT molecular complexity index is 773. The van der Waals surface area contributed by atoms with Crippen molar-refractivity contribution in [3.63, 3.8) is 0 Å². The Labute approximate surface area is 167 Å². The number of allylic oxidation sites excluding steroid dienone is 1. The van der Waals surface area contributed by atoms with E-state index in [1.165, 1.54) is 12.1 Å². The summed E-state index contributed by atoms with van der Waals surface area (Å²) in [5.41, 5.74) is 0.692. The molecule has 0 unspecified atom stereocenters. The molecule has 2 heterocycles. The fourth-order valence-corrected chi connectivity index (χ4v) is 3.65. The van der Waals surface area contributed by atoms with Crippen LogP contribution in [0.4, 0.5) is 4.39 Å². The van der Waals surface area contributed by atoms with Gasteiger partial charge in [0.2, 0.25) is 12.0 Å². The molecular formula is C21H23FO5S. The van der Waals surface area contributed by atoms with Gasteiger partial charge in [-0.05, 0) is 48.1 Å². The number of carbonyl (C=O) groups is 1. The summed E-state index contributed by atoms with van der Waals surface area (Å²) in [5, 5.41) is 10.9. The maximum Gasteiger partial charge on any atom is 0.373 e. The third-order valence-electron chi connectivity index (χ3n) is 4.31. The van der Waals surface area contributed by atoms with Crippen molar-refractivity contribution in [2.24, 2.45) is 0 Å². The number of esters is 1. The van der Waals surface area contributed by atoms with Crippen molar-refractivity contribution in [1.82, 2.24) is 0 Å². The normalized spacial score (nSPS) is 19.0. The number of aliphatic hydroxyl groups excluding tert-OH is 1. The molecule has 5 nitrogen and oxygen atoms in total. The number of ether oxygens (including phenoxy) is 3. The first-order valence-corrected chi connectivity index (χ1v) is 10.1. The topological polar surface area (TPSA) is 65.0 Å². The van der Waals surface area contributed by atoms with Gasteiger partial charge in [0.05, 0.1) is 6.61 Å². The van der Waals surface area contributed by atoms with E-state index in [-0.39, 0.29) is 30.7 Å². The number of hydrogen-bond acceptors (Lipinski definition) is 6. The Hall–Kier alpha value is -2.22. The van der Waals surface area contributed by atoms with Crippen LogP contribution in [-0.2, 0) is 25.6 Å².